The Morgan fingerprint density at radius 2 is 2.23 bits per heavy atom. The molecule has 7 nitrogen and oxygen atoms in total. The van der Waals surface area contributed by atoms with Crippen LogP contribution in [0.4, 0.5) is 0 Å². The Morgan fingerprint density at radius 1 is 1.45 bits per heavy atom. The fourth-order valence-corrected chi connectivity index (χ4v) is 2.93. The molecule has 1 amide bonds. The van der Waals surface area contributed by atoms with Gasteiger partial charge in [0.1, 0.15) is 6.61 Å². The van der Waals surface area contributed by atoms with Gasteiger partial charge in [-0.2, -0.15) is 4.98 Å². The number of rotatable bonds is 7. The maximum absolute atomic E-state index is 12.5. The van der Waals surface area contributed by atoms with Gasteiger partial charge in [0.05, 0.1) is 12.5 Å². The van der Waals surface area contributed by atoms with Crippen LogP contribution in [0.1, 0.15) is 38.4 Å². The van der Waals surface area contributed by atoms with Crippen molar-refractivity contribution in [2.24, 2.45) is 5.92 Å². The van der Waals surface area contributed by atoms with Gasteiger partial charge >= 0.3 is 0 Å². The van der Waals surface area contributed by atoms with E-state index in [9.17, 15) is 4.79 Å². The van der Waals surface area contributed by atoms with E-state index >= 15 is 0 Å². The second-order valence-electron chi connectivity index (χ2n) is 5.62. The van der Waals surface area contributed by atoms with Crippen LogP contribution in [0.15, 0.2) is 4.52 Å². The number of ether oxygens (including phenoxy) is 1. The maximum Gasteiger partial charge on any atom is 0.252 e. The van der Waals surface area contributed by atoms with Crippen LogP contribution in [0.25, 0.3) is 0 Å². The SMILES string of the molecule is CCN(CC)C(=O)[C@H]1CCCN(Cc2noc(COC)n2)C1. The summed E-state index contributed by atoms with van der Waals surface area (Å²) in [5.74, 6) is 1.50. The second kappa shape index (κ2) is 8.24. The van der Waals surface area contributed by atoms with E-state index in [1.54, 1.807) is 7.11 Å². The number of likely N-dealkylation sites (tertiary alicyclic amines) is 1. The highest BCUT2D eigenvalue weighted by molar-refractivity contribution is 5.79. The second-order valence-corrected chi connectivity index (χ2v) is 5.62. The molecule has 0 N–H and O–H groups in total. The Hall–Kier alpha value is -1.47. The van der Waals surface area contributed by atoms with E-state index in [4.69, 9.17) is 9.26 Å². The van der Waals surface area contributed by atoms with Crippen LogP contribution in [0.5, 0.6) is 0 Å². The average molecular weight is 310 g/mol. The van der Waals surface area contributed by atoms with Crippen LogP contribution in [0.2, 0.25) is 0 Å². The Morgan fingerprint density at radius 3 is 2.91 bits per heavy atom. The number of hydrogen-bond acceptors (Lipinski definition) is 6. The summed E-state index contributed by atoms with van der Waals surface area (Å²) in [4.78, 5) is 20.9. The van der Waals surface area contributed by atoms with Crippen LogP contribution in [0.3, 0.4) is 0 Å². The molecule has 0 aromatic carbocycles. The van der Waals surface area contributed by atoms with Crippen molar-refractivity contribution >= 4 is 5.91 Å². The lowest BCUT2D eigenvalue weighted by Gasteiger charge is -2.33. The molecule has 124 valence electrons. The van der Waals surface area contributed by atoms with E-state index < -0.39 is 0 Å². The van der Waals surface area contributed by atoms with Crippen LogP contribution in [-0.4, -0.2) is 59.1 Å². The molecule has 1 atom stereocenters. The Kier molecular flexibility index (Phi) is 6.33. The molecule has 0 saturated carbocycles. The first-order chi connectivity index (χ1) is 10.7. The Bertz CT molecular complexity index is 473. The van der Waals surface area contributed by atoms with Gasteiger partial charge in [0.2, 0.25) is 5.91 Å². The zero-order chi connectivity index (χ0) is 15.9. The molecule has 1 aliphatic rings. The summed E-state index contributed by atoms with van der Waals surface area (Å²) < 4.78 is 10.1. The molecule has 0 spiro atoms. The zero-order valence-corrected chi connectivity index (χ0v) is 13.7. The Balaban J connectivity index is 1.91. The van der Waals surface area contributed by atoms with Crippen molar-refractivity contribution in [3.63, 3.8) is 0 Å². The van der Waals surface area contributed by atoms with Gasteiger partial charge in [0, 0.05) is 26.7 Å². The summed E-state index contributed by atoms with van der Waals surface area (Å²) in [5, 5.41) is 3.96. The lowest BCUT2D eigenvalue weighted by molar-refractivity contribution is -0.137. The first kappa shape index (κ1) is 16.9. The monoisotopic (exact) mass is 310 g/mol. The van der Waals surface area contributed by atoms with Gasteiger partial charge in [0.25, 0.3) is 5.89 Å². The van der Waals surface area contributed by atoms with E-state index in [2.05, 4.69) is 15.0 Å². The number of carbonyl (C=O) groups excluding carboxylic acids is 1. The summed E-state index contributed by atoms with van der Waals surface area (Å²) in [6, 6.07) is 0. The summed E-state index contributed by atoms with van der Waals surface area (Å²) in [5.41, 5.74) is 0. The minimum atomic E-state index is 0.0824. The number of aromatic nitrogens is 2. The normalized spacial score (nSPS) is 19.3. The summed E-state index contributed by atoms with van der Waals surface area (Å²) >= 11 is 0. The largest absolute Gasteiger partial charge is 0.375 e. The van der Waals surface area contributed by atoms with Crippen molar-refractivity contribution in [2.75, 3.05) is 33.3 Å². The fourth-order valence-electron chi connectivity index (χ4n) is 2.93. The molecule has 1 aromatic heterocycles. The molecule has 1 fully saturated rings. The molecule has 1 aromatic rings. The van der Waals surface area contributed by atoms with E-state index in [1.807, 2.05) is 18.7 Å². The van der Waals surface area contributed by atoms with Crippen molar-refractivity contribution in [2.45, 2.75) is 39.8 Å². The van der Waals surface area contributed by atoms with Crippen LogP contribution < -0.4 is 0 Å². The van der Waals surface area contributed by atoms with Gasteiger partial charge < -0.3 is 14.2 Å². The number of methoxy groups -OCH3 is 1. The van der Waals surface area contributed by atoms with Crippen molar-refractivity contribution in [3.05, 3.63) is 11.7 Å². The van der Waals surface area contributed by atoms with Gasteiger partial charge in [0.15, 0.2) is 5.82 Å². The molecule has 1 saturated heterocycles. The molecule has 7 heteroatoms. The fraction of sp³-hybridized carbons (Fsp3) is 0.800. The van der Waals surface area contributed by atoms with Gasteiger partial charge in [-0.1, -0.05) is 5.16 Å². The minimum absolute atomic E-state index is 0.0824. The van der Waals surface area contributed by atoms with E-state index in [-0.39, 0.29) is 11.8 Å². The highest BCUT2D eigenvalue weighted by Crippen LogP contribution is 2.20. The standard InChI is InChI=1S/C15H26N4O3/c1-4-19(5-2)15(20)12-7-6-8-18(9-12)10-13-16-14(11-21-3)22-17-13/h12H,4-11H2,1-3H3/t12-/m0/s1. The topological polar surface area (TPSA) is 71.7 Å². The van der Waals surface area contributed by atoms with Crippen molar-refractivity contribution < 1.29 is 14.1 Å². The van der Waals surface area contributed by atoms with Gasteiger partial charge in [-0.15, -0.1) is 0 Å². The maximum atomic E-state index is 12.5. The predicted octanol–water partition coefficient (Wildman–Crippen LogP) is 1.30. The van der Waals surface area contributed by atoms with E-state index in [0.29, 0.717) is 24.9 Å². The molecule has 0 unspecified atom stereocenters. The zero-order valence-electron chi connectivity index (χ0n) is 13.7. The molecule has 0 radical (unpaired) electrons. The third-order valence-corrected chi connectivity index (χ3v) is 4.07. The van der Waals surface area contributed by atoms with Crippen LogP contribution >= 0.6 is 0 Å². The Labute approximate surface area is 131 Å². The smallest absolute Gasteiger partial charge is 0.252 e. The van der Waals surface area contributed by atoms with Crippen LogP contribution in [0, 0.1) is 5.92 Å². The molecular formula is C15H26N4O3. The van der Waals surface area contributed by atoms with Crippen molar-refractivity contribution in [3.8, 4) is 0 Å². The third-order valence-electron chi connectivity index (χ3n) is 4.07. The number of amides is 1. The molecule has 22 heavy (non-hydrogen) atoms. The van der Waals surface area contributed by atoms with Gasteiger partial charge in [-0.05, 0) is 33.2 Å². The third kappa shape index (κ3) is 4.27. The molecule has 2 rings (SSSR count). The number of piperidine rings is 1. The summed E-state index contributed by atoms with van der Waals surface area (Å²) in [6.07, 6.45) is 1.99. The van der Waals surface area contributed by atoms with Gasteiger partial charge in [-0.25, -0.2) is 0 Å². The van der Waals surface area contributed by atoms with E-state index in [0.717, 1.165) is 39.0 Å². The summed E-state index contributed by atoms with van der Waals surface area (Å²) in [7, 11) is 1.60. The predicted molar refractivity (Wildman–Crippen MR) is 80.9 cm³/mol. The molecule has 1 aliphatic heterocycles. The number of nitrogens with zero attached hydrogens (tertiary/aromatic N) is 4. The number of carbonyl (C=O) groups is 1. The molecular weight excluding hydrogens is 284 g/mol. The minimum Gasteiger partial charge on any atom is -0.375 e. The molecule has 0 bridgehead atoms. The lowest BCUT2D eigenvalue weighted by atomic mass is 9.96. The quantitative estimate of drug-likeness (QED) is 0.756. The van der Waals surface area contributed by atoms with E-state index in [1.165, 1.54) is 0 Å². The van der Waals surface area contributed by atoms with Crippen molar-refractivity contribution in [1.29, 1.82) is 0 Å². The lowest BCUT2D eigenvalue weighted by Crippen LogP contribution is -2.44. The highest BCUT2D eigenvalue weighted by Gasteiger charge is 2.28. The first-order valence-corrected chi connectivity index (χ1v) is 7.99. The molecule has 2 heterocycles. The summed E-state index contributed by atoms with van der Waals surface area (Å²) in [6.45, 7) is 8.29. The van der Waals surface area contributed by atoms with Crippen LogP contribution in [-0.2, 0) is 22.7 Å². The molecule has 0 aliphatic carbocycles. The van der Waals surface area contributed by atoms with Crippen molar-refractivity contribution in [1.82, 2.24) is 19.9 Å². The first-order valence-electron chi connectivity index (χ1n) is 7.99. The average Bonchev–Trinajstić information content (AvgIpc) is 2.96. The van der Waals surface area contributed by atoms with Gasteiger partial charge in [-0.3, -0.25) is 9.69 Å². The number of hydrogen-bond donors (Lipinski definition) is 0. The highest BCUT2D eigenvalue weighted by atomic mass is 16.5.